The van der Waals surface area contributed by atoms with Crippen molar-refractivity contribution in [2.45, 2.75) is 47.6 Å². The van der Waals surface area contributed by atoms with Crippen LogP contribution in [-0.2, 0) is 20.0 Å². The maximum Gasteiger partial charge on any atom is 0.242 e. The van der Waals surface area contributed by atoms with E-state index >= 15 is 0 Å². The number of anilines is 1. The third kappa shape index (κ3) is 5.69. The second-order valence-electron chi connectivity index (χ2n) is 9.31. The Morgan fingerprint density at radius 2 is 1.46 bits per heavy atom. The Hall–Kier alpha value is -2.05. The largest absolute Gasteiger partial charge is 0.367 e. The van der Waals surface area contributed by atoms with Crippen LogP contribution in [0.25, 0.3) is 0 Å². The van der Waals surface area contributed by atoms with Gasteiger partial charge in [0.25, 0.3) is 0 Å². The van der Waals surface area contributed by atoms with Crippen LogP contribution in [0.1, 0.15) is 25.7 Å². The van der Waals surface area contributed by atoms with E-state index < -0.39 is 20.0 Å². The Morgan fingerprint density at radius 3 is 2.09 bits per heavy atom. The molecule has 4 rings (SSSR count). The topological polar surface area (TPSA) is 90.0 Å². The van der Waals surface area contributed by atoms with Crippen LogP contribution in [0.5, 0.6) is 0 Å². The number of rotatable bonds is 7. The summed E-state index contributed by atoms with van der Waals surface area (Å²) in [6.07, 6.45) is 3.61. The highest BCUT2D eigenvalue weighted by Crippen LogP contribution is 2.28. The maximum atomic E-state index is 14.2. The summed E-state index contributed by atoms with van der Waals surface area (Å²) in [5, 5.41) is 0. The molecular weight excluding hydrogens is 491 g/mol. The van der Waals surface area contributed by atoms with Gasteiger partial charge >= 0.3 is 0 Å². The summed E-state index contributed by atoms with van der Waals surface area (Å²) in [5.74, 6) is -0.228. The molecule has 35 heavy (non-hydrogen) atoms. The fourth-order valence-electron chi connectivity index (χ4n) is 4.96. The number of halogens is 1. The van der Waals surface area contributed by atoms with Gasteiger partial charge in [-0.15, -0.1) is 0 Å². The Bertz CT molecular complexity index is 1230. The molecule has 1 heterocycles. The van der Waals surface area contributed by atoms with E-state index in [-0.39, 0.29) is 27.7 Å². The van der Waals surface area contributed by atoms with Gasteiger partial charge in [-0.25, -0.2) is 30.3 Å². The van der Waals surface area contributed by atoms with Gasteiger partial charge in [0, 0.05) is 52.4 Å². The van der Waals surface area contributed by atoms with Crippen molar-refractivity contribution in [3.63, 3.8) is 0 Å². The number of sulfonamides is 2. The summed E-state index contributed by atoms with van der Waals surface area (Å²) in [4.78, 5) is 4.45. The predicted molar refractivity (Wildman–Crippen MR) is 134 cm³/mol. The normalized spacial score (nSPS) is 22.5. The standard InChI is InChI=1S/C24H33FN4O4S2/c1-27(2)35(32,33)20-13-11-19(12-14-20)34(30,31)26-22-8-4-6-10-24(22)29-17-15-28(16-18-29)23-9-5-3-7-21(23)25/h3,5,7,9,11-14,22,24,26H,4,6,8,10,15-18H2,1-2H3/t22-,24-/m0/s1. The number of nitrogens with zero attached hydrogens (tertiary/aromatic N) is 3. The van der Waals surface area contributed by atoms with Crippen LogP contribution in [0.2, 0.25) is 0 Å². The number of piperazine rings is 1. The van der Waals surface area contributed by atoms with E-state index in [0.717, 1.165) is 43.1 Å². The van der Waals surface area contributed by atoms with Crippen molar-refractivity contribution in [3.8, 4) is 0 Å². The molecule has 2 atom stereocenters. The zero-order chi connectivity index (χ0) is 25.2. The summed E-state index contributed by atoms with van der Waals surface area (Å²) in [7, 11) is -4.59. The molecule has 1 aliphatic carbocycles. The second-order valence-corrected chi connectivity index (χ2v) is 13.2. The fraction of sp³-hybridized carbons (Fsp3) is 0.500. The van der Waals surface area contributed by atoms with Crippen LogP contribution in [0.15, 0.2) is 58.3 Å². The number of hydrogen-bond acceptors (Lipinski definition) is 6. The van der Waals surface area contributed by atoms with Crippen LogP contribution >= 0.6 is 0 Å². The van der Waals surface area contributed by atoms with Crippen molar-refractivity contribution in [2.75, 3.05) is 45.2 Å². The molecule has 192 valence electrons. The Balaban J connectivity index is 1.44. The molecule has 0 unspecified atom stereocenters. The van der Waals surface area contributed by atoms with Crippen LogP contribution in [0, 0.1) is 5.82 Å². The van der Waals surface area contributed by atoms with Gasteiger partial charge in [0.15, 0.2) is 0 Å². The van der Waals surface area contributed by atoms with Crippen molar-refractivity contribution in [2.24, 2.45) is 0 Å². The summed E-state index contributed by atoms with van der Waals surface area (Å²) in [6, 6.07) is 11.9. The SMILES string of the molecule is CN(C)S(=O)(=O)c1ccc(S(=O)(=O)N[C@H]2CCCC[C@@H]2N2CCN(c3ccccc3F)CC2)cc1. The molecule has 0 bridgehead atoms. The van der Waals surface area contributed by atoms with Gasteiger partial charge < -0.3 is 4.90 Å². The van der Waals surface area contributed by atoms with Gasteiger partial charge in [-0.1, -0.05) is 25.0 Å². The Kier molecular flexibility index (Phi) is 7.82. The van der Waals surface area contributed by atoms with E-state index in [2.05, 4.69) is 9.62 Å². The van der Waals surface area contributed by atoms with E-state index in [1.807, 2.05) is 11.0 Å². The first kappa shape index (κ1) is 26.0. The molecule has 1 saturated heterocycles. The van der Waals surface area contributed by atoms with Crippen molar-refractivity contribution in [1.82, 2.24) is 13.9 Å². The number of nitrogens with one attached hydrogen (secondary N) is 1. The first-order chi connectivity index (χ1) is 16.6. The maximum absolute atomic E-state index is 14.2. The first-order valence-corrected chi connectivity index (χ1v) is 14.8. The second kappa shape index (κ2) is 10.5. The van der Waals surface area contributed by atoms with E-state index in [1.165, 1.54) is 44.4 Å². The average Bonchev–Trinajstić information content (AvgIpc) is 2.85. The van der Waals surface area contributed by atoms with E-state index in [9.17, 15) is 21.2 Å². The molecular formula is C24H33FN4O4S2. The molecule has 0 amide bonds. The molecule has 0 aromatic heterocycles. The van der Waals surface area contributed by atoms with Crippen molar-refractivity contribution in [3.05, 3.63) is 54.3 Å². The molecule has 0 spiro atoms. The molecule has 1 saturated carbocycles. The minimum atomic E-state index is -3.82. The average molecular weight is 525 g/mol. The summed E-state index contributed by atoms with van der Waals surface area (Å²) < 4.78 is 69.1. The number of benzene rings is 2. The molecule has 1 aliphatic heterocycles. The lowest BCUT2D eigenvalue weighted by Crippen LogP contribution is -2.58. The zero-order valence-electron chi connectivity index (χ0n) is 20.1. The molecule has 2 aromatic rings. The number of para-hydroxylation sites is 1. The number of hydrogen-bond donors (Lipinski definition) is 1. The van der Waals surface area contributed by atoms with Crippen molar-refractivity contribution in [1.29, 1.82) is 0 Å². The highest BCUT2D eigenvalue weighted by atomic mass is 32.2. The van der Waals surface area contributed by atoms with Crippen LogP contribution in [-0.4, -0.2) is 78.4 Å². The van der Waals surface area contributed by atoms with Crippen molar-refractivity contribution < 1.29 is 21.2 Å². The minimum absolute atomic E-state index is 0.0453. The van der Waals surface area contributed by atoms with E-state index in [4.69, 9.17) is 0 Å². The summed E-state index contributed by atoms with van der Waals surface area (Å²) >= 11 is 0. The van der Waals surface area contributed by atoms with Gasteiger partial charge in [-0.2, -0.15) is 0 Å². The summed E-state index contributed by atoms with van der Waals surface area (Å²) in [5.41, 5.74) is 0.604. The summed E-state index contributed by atoms with van der Waals surface area (Å²) in [6.45, 7) is 2.82. The van der Waals surface area contributed by atoms with Crippen LogP contribution in [0.4, 0.5) is 10.1 Å². The third-order valence-electron chi connectivity index (χ3n) is 6.93. The van der Waals surface area contributed by atoms with Crippen LogP contribution < -0.4 is 9.62 Å². The smallest absolute Gasteiger partial charge is 0.242 e. The minimum Gasteiger partial charge on any atom is -0.367 e. The predicted octanol–water partition coefficient (Wildman–Crippen LogP) is 2.49. The zero-order valence-corrected chi connectivity index (χ0v) is 21.7. The Morgan fingerprint density at radius 1 is 0.857 bits per heavy atom. The molecule has 0 radical (unpaired) electrons. The fourth-order valence-corrected chi connectivity index (χ4v) is 7.16. The van der Waals surface area contributed by atoms with Crippen LogP contribution in [0.3, 0.4) is 0 Å². The van der Waals surface area contributed by atoms with Gasteiger partial charge in [0.05, 0.1) is 15.5 Å². The monoisotopic (exact) mass is 524 g/mol. The van der Waals surface area contributed by atoms with Gasteiger partial charge in [0.1, 0.15) is 5.82 Å². The highest BCUT2D eigenvalue weighted by molar-refractivity contribution is 7.89. The Labute approximate surface area is 207 Å². The van der Waals surface area contributed by atoms with Gasteiger partial charge in [0.2, 0.25) is 20.0 Å². The van der Waals surface area contributed by atoms with E-state index in [0.29, 0.717) is 18.8 Å². The molecule has 2 fully saturated rings. The lowest BCUT2D eigenvalue weighted by molar-refractivity contribution is 0.124. The molecule has 2 aromatic carbocycles. The van der Waals surface area contributed by atoms with Gasteiger partial charge in [-0.3, -0.25) is 4.90 Å². The highest BCUT2D eigenvalue weighted by Gasteiger charge is 2.35. The lowest BCUT2D eigenvalue weighted by Gasteiger charge is -2.44. The quantitative estimate of drug-likeness (QED) is 0.599. The van der Waals surface area contributed by atoms with Gasteiger partial charge in [-0.05, 0) is 49.2 Å². The third-order valence-corrected chi connectivity index (χ3v) is 10.3. The molecule has 11 heteroatoms. The molecule has 8 nitrogen and oxygen atoms in total. The molecule has 2 aliphatic rings. The van der Waals surface area contributed by atoms with E-state index in [1.54, 1.807) is 12.1 Å². The lowest BCUT2D eigenvalue weighted by atomic mass is 9.89. The first-order valence-electron chi connectivity index (χ1n) is 11.9. The molecule has 1 N–H and O–H groups in total. The van der Waals surface area contributed by atoms with Crippen molar-refractivity contribution >= 4 is 25.7 Å².